The molecule has 0 aromatic rings. The van der Waals surface area contributed by atoms with Gasteiger partial charge in [-0.3, -0.25) is 0 Å². The number of aliphatic hydroxyl groups excluding tert-OH is 1. The van der Waals surface area contributed by atoms with Gasteiger partial charge < -0.3 is 19.9 Å². The van der Waals surface area contributed by atoms with Gasteiger partial charge in [-0.1, -0.05) is 0 Å². The Labute approximate surface area is 78.2 Å². The van der Waals surface area contributed by atoms with Crippen LogP contribution in [0.1, 0.15) is 20.8 Å². The zero-order chi connectivity index (χ0) is 9.64. The minimum atomic E-state index is -0.554. The molecular weight excluding hydrogens is 170 g/mol. The topological polar surface area (TPSA) is 50.7 Å². The first-order chi connectivity index (χ1) is 5.99. The van der Waals surface area contributed by atoms with Crippen LogP contribution in [0.2, 0.25) is 0 Å². The lowest BCUT2D eigenvalue weighted by Crippen LogP contribution is -2.57. The molecule has 2 fully saturated rings. The maximum Gasteiger partial charge on any atom is 0.163 e. The Morgan fingerprint density at radius 2 is 2.08 bits per heavy atom. The molecule has 0 aromatic heterocycles. The van der Waals surface area contributed by atoms with Gasteiger partial charge in [0.15, 0.2) is 5.79 Å². The monoisotopic (exact) mass is 187 g/mol. The highest BCUT2D eigenvalue weighted by molar-refractivity contribution is 4.96. The summed E-state index contributed by atoms with van der Waals surface area (Å²) in [6.07, 6.45) is -0.659. The van der Waals surface area contributed by atoms with Gasteiger partial charge in [0.2, 0.25) is 0 Å². The summed E-state index contributed by atoms with van der Waals surface area (Å²) in [5, 5.41) is 13.0. The molecule has 2 N–H and O–H groups in total. The van der Waals surface area contributed by atoms with Gasteiger partial charge in [-0.2, -0.15) is 0 Å². The molecule has 2 heterocycles. The van der Waals surface area contributed by atoms with E-state index in [0.29, 0.717) is 0 Å². The van der Waals surface area contributed by atoms with Crippen LogP contribution < -0.4 is 5.32 Å². The minimum Gasteiger partial charge on any atom is -0.389 e. The van der Waals surface area contributed by atoms with Crippen LogP contribution in [0.4, 0.5) is 0 Å². The largest absolute Gasteiger partial charge is 0.389 e. The molecule has 4 unspecified atom stereocenters. The Kier molecular flexibility index (Phi) is 2.11. The van der Waals surface area contributed by atoms with E-state index < -0.39 is 11.9 Å². The second-order valence-corrected chi connectivity index (χ2v) is 4.33. The third-order valence-electron chi connectivity index (χ3n) is 2.71. The van der Waals surface area contributed by atoms with Gasteiger partial charge >= 0.3 is 0 Å². The van der Waals surface area contributed by atoms with E-state index >= 15 is 0 Å². The second-order valence-electron chi connectivity index (χ2n) is 4.33. The molecule has 4 nitrogen and oxygen atoms in total. The van der Waals surface area contributed by atoms with E-state index in [1.165, 1.54) is 0 Å². The van der Waals surface area contributed by atoms with Crippen molar-refractivity contribution in [3.05, 3.63) is 0 Å². The van der Waals surface area contributed by atoms with E-state index in [2.05, 4.69) is 5.32 Å². The van der Waals surface area contributed by atoms with Crippen LogP contribution in [0.15, 0.2) is 0 Å². The number of aliphatic hydroxyl groups is 1. The van der Waals surface area contributed by atoms with Gasteiger partial charge in [0.25, 0.3) is 0 Å². The Hall–Kier alpha value is -0.160. The summed E-state index contributed by atoms with van der Waals surface area (Å²) in [5.74, 6) is -0.554. The van der Waals surface area contributed by atoms with Gasteiger partial charge in [0, 0.05) is 12.6 Å². The van der Waals surface area contributed by atoms with Gasteiger partial charge in [0.05, 0.1) is 6.10 Å². The van der Waals surface area contributed by atoms with Crippen LogP contribution in [0.25, 0.3) is 0 Å². The lowest BCUT2D eigenvalue weighted by Gasteiger charge is -2.33. The van der Waals surface area contributed by atoms with E-state index in [-0.39, 0.29) is 18.2 Å². The van der Waals surface area contributed by atoms with E-state index in [0.717, 1.165) is 6.54 Å². The van der Waals surface area contributed by atoms with Crippen LogP contribution >= 0.6 is 0 Å². The zero-order valence-corrected chi connectivity index (χ0v) is 8.28. The lowest BCUT2D eigenvalue weighted by atomic mass is 9.98. The van der Waals surface area contributed by atoms with Crippen LogP contribution in [-0.2, 0) is 9.47 Å². The maximum atomic E-state index is 9.81. The molecule has 0 saturated carbocycles. The SMILES string of the molecule is CC1NCC2OC(C)(C)OC2C1O. The fourth-order valence-electron chi connectivity index (χ4n) is 2.02. The highest BCUT2D eigenvalue weighted by Crippen LogP contribution is 2.32. The highest BCUT2D eigenvalue weighted by Gasteiger charge is 2.48. The number of nitrogens with one attached hydrogen (secondary N) is 1. The maximum absolute atomic E-state index is 9.81. The molecule has 2 rings (SSSR count). The fourth-order valence-corrected chi connectivity index (χ4v) is 2.02. The van der Waals surface area contributed by atoms with E-state index in [9.17, 15) is 5.11 Å². The number of fused-ring (bicyclic) bond motifs is 1. The van der Waals surface area contributed by atoms with Crippen molar-refractivity contribution in [1.82, 2.24) is 5.32 Å². The first kappa shape index (κ1) is 9.40. The van der Waals surface area contributed by atoms with Crippen molar-refractivity contribution in [3.8, 4) is 0 Å². The smallest absolute Gasteiger partial charge is 0.163 e. The molecule has 76 valence electrons. The molecular formula is C9H17NO3. The standard InChI is InChI=1S/C9H17NO3/c1-5-7(11)8-6(4-10-5)12-9(2,3)13-8/h5-8,10-11H,4H2,1-3H3. The lowest BCUT2D eigenvalue weighted by molar-refractivity contribution is -0.153. The fraction of sp³-hybridized carbons (Fsp3) is 1.00. The average Bonchev–Trinajstić information content (AvgIpc) is 2.34. The van der Waals surface area contributed by atoms with Crippen molar-refractivity contribution in [2.24, 2.45) is 0 Å². The normalized spacial score (nSPS) is 48.9. The first-order valence-electron chi connectivity index (χ1n) is 4.77. The summed E-state index contributed by atoms with van der Waals surface area (Å²) >= 11 is 0. The third-order valence-corrected chi connectivity index (χ3v) is 2.71. The second kappa shape index (κ2) is 2.92. The predicted octanol–water partition coefficient (Wildman–Crippen LogP) is -0.141. The molecule has 13 heavy (non-hydrogen) atoms. The molecule has 2 saturated heterocycles. The van der Waals surface area contributed by atoms with Gasteiger partial charge in [0.1, 0.15) is 12.2 Å². The van der Waals surface area contributed by atoms with Crippen molar-refractivity contribution in [2.75, 3.05) is 6.54 Å². The molecule has 2 aliphatic rings. The summed E-state index contributed by atoms with van der Waals surface area (Å²) < 4.78 is 11.2. The molecule has 0 aliphatic carbocycles. The van der Waals surface area contributed by atoms with Crippen LogP contribution in [-0.4, -0.2) is 41.8 Å². The van der Waals surface area contributed by atoms with Crippen molar-refractivity contribution in [1.29, 1.82) is 0 Å². The number of rotatable bonds is 0. The highest BCUT2D eigenvalue weighted by atomic mass is 16.8. The molecule has 0 bridgehead atoms. The molecule has 0 spiro atoms. The first-order valence-corrected chi connectivity index (χ1v) is 4.77. The molecule has 0 aromatic carbocycles. The average molecular weight is 187 g/mol. The Morgan fingerprint density at radius 3 is 2.77 bits per heavy atom. The quantitative estimate of drug-likeness (QED) is 0.554. The minimum absolute atomic E-state index is 0.0128. The molecule has 4 atom stereocenters. The number of piperidine rings is 1. The predicted molar refractivity (Wildman–Crippen MR) is 47.3 cm³/mol. The van der Waals surface area contributed by atoms with Crippen molar-refractivity contribution in [2.45, 2.75) is 50.9 Å². The summed E-state index contributed by atoms with van der Waals surface area (Å²) in [7, 11) is 0. The number of hydrogen-bond donors (Lipinski definition) is 2. The van der Waals surface area contributed by atoms with Gasteiger partial charge in [-0.05, 0) is 20.8 Å². The molecule has 0 amide bonds. The summed E-state index contributed by atoms with van der Waals surface area (Å²) in [6.45, 7) is 6.47. The van der Waals surface area contributed by atoms with Crippen molar-refractivity contribution in [3.63, 3.8) is 0 Å². The Balaban J connectivity index is 2.11. The number of ether oxygens (including phenoxy) is 2. The molecule has 0 radical (unpaired) electrons. The Bertz CT molecular complexity index is 207. The molecule has 4 heteroatoms. The van der Waals surface area contributed by atoms with E-state index in [1.807, 2.05) is 20.8 Å². The summed E-state index contributed by atoms with van der Waals surface area (Å²) in [5.41, 5.74) is 0. The Morgan fingerprint density at radius 1 is 1.38 bits per heavy atom. The van der Waals surface area contributed by atoms with Crippen LogP contribution in [0, 0.1) is 0 Å². The van der Waals surface area contributed by atoms with Gasteiger partial charge in [-0.25, -0.2) is 0 Å². The third kappa shape index (κ3) is 1.59. The van der Waals surface area contributed by atoms with Gasteiger partial charge in [-0.15, -0.1) is 0 Å². The zero-order valence-electron chi connectivity index (χ0n) is 8.28. The van der Waals surface area contributed by atoms with Crippen LogP contribution in [0.3, 0.4) is 0 Å². The van der Waals surface area contributed by atoms with Crippen molar-refractivity contribution < 1.29 is 14.6 Å². The van der Waals surface area contributed by atoms with Crippen LogP contribution in [0.5, 0.6) is 0 Å². The van der Waals surface area contributed by atoms with Crippen molar-refractivity contribution >= 4 is 0 Å². The molecule has 2 aliphatic heterocycles. The number of hydrogen-bond acceptors (Lipinski definition) is 4. The van der Waals surface area contributed by atoms with E-state index in [1.54, 1.807) is 0 Å². The van der Waals surface area contributed by atoms with E-state index in [4.69, 9.17) is 9.47 Å². The summed E-state index contributed by atoms with van der Waals surface area (Å²) in [4.78, 5) is 0. The summed E-state index contributed by atoms with van der Waals surface area (Å²) in [6, 6.07) is 0.0822.